The Morgan fingerprint density at radius 3 is 2.79 bits per heavy atom. The third-order valence-electron chi connectivity index (χ3n) is 8.07. The number of hydrogen-bond donors (Lipinski definition) is 0. The molecule has 8 unspecified atom stereocenters. The lowest BCUT2D eigenvalue weighted by molar-refractivity contribution is -0.181. The highest BCUT2D eigenvalue weighted by Crippen LogP contribution is 2.59. The van der Waals surface area contributed by atoms with Crippen LogP contribution >= 0.6 is 0 Å². The van der Waals surface area contributed by atoms with E-state index in [1.165, 1.54) is 5.57 Å². The van der Waals surface area contributed by atoms with Gasteiger partial charge >= 0.3 is 11.9 Å². The molecule has 0 aromatic carbocycles. The van der Waals surface area contributed by atoms with E-state index >= 15 is 0 Å². The molecule has 3 heterocycles. The number of carbonyl (C=O) groups excluding carboxylic acids is 2. The van der Waals surface area contributed by atoms with Crippen molar-refractivity contribution in [1.82, 2.24) is 0 Å². The van der Waals surface area contributed by atoms with Gasteiger partial charge in [-0.25, -0.2) is 0 Å². The number of hydrogen-bond acceptors (Lipinski definition) is 5. The molecule has 3 fully saturated rings. The first-order valence-electron chi connectivity index (χ1n) is 11.4. The minimum absolute atomic E-state index is 0.00935. The average molecular weight is 405 g/mol. The lowest BCUT2D eigenvalue weighted by Gasteiger charge is -2.48. The van der Waals surface area contributed by atoms with E-state index in [1.807, 2.05) is 20.8 Å². The van der Waals surface area contributed by atoms with Gasteiger partial charge in [0.25, 0.3) is 0 Å². The van der Waals surface area contributed by atoms with Gasteiger partial charge in [0.1, 0.15) is 17.3 Å². The van der Waals surface area contributed by atoms with Gasteiger partial charge in [0, 0.05) is 18.3 Å². The van der Waals surface area contributed by atoms with Crippen LogP contribution in [-0.4, -0.2) is 35.3 Å². The van der Waals surface area contributed by atoms with Crippen LogP contribution in [0.4, 0.5) is 0 Å². The zero-order valence-corrected chi connectivity index (χ0v) is 18.5. The smallest absolute Gasteiger partial charge is 0.309 e. The molecule has 4 rings (SSSR count). The van der Waals surface area contributed by atoms with Crippen molar-refractivity contribution in [1.29, 1.82) is 0 Å². The number of ether oxygens (including phenoxy) is 3. The third kappa shape index (κ3) is 3.43. The van der Waals surface area contributed by atoms with Crippen molar-refractivity contribution in [3.8, 4) is 0 Å². The van der Waals surface area contributed by atoms with Crippen LogP contribution in [0.25, 0.3) is 0 Å². The summed E-state index contributed by atoms with van der Waals surface area (Å²) >= 11 is 0. The lowest BCUT2D eigenvalue weighted by Crippen LogP contribution is -2.54. The minimum atomic E-state index is -0.634. The first-order chi connectivity index (χ1) is 13.7. The summed E-state index contributed by atoms with van der Waals surface area (Å²) in [6.45, 7) is 10.3. The van der Waals surface area contributed by atoms with Crippen molar-refractivity contribution in [3.05, 3.63) is 11.6 Å². The molecule has 2 saturated heterocycles. The van der Waals surface area contributed by atoms with E-state index in [1.54, 1.807) is 0 Å². The Morgan fingerprint density at radius 1 is 1.31 bits per heavy atom. The summed E-state index contributed by atoms with van der Waals surface area (Å²) in [6, 6.07) is 0. The van der Waals surface area contributed by atoms with Crippen molar-refractivity contribution in [2.45, 2.75) is 103 Å². The number of allylic oxidation sites excluding steroid dienone is 1. The van der Waals surface area contributed by atoms with Crippen LogP contribution in [0.5, 0.6) is 0 Å². The number of esters is 2. The molecule has 0 aromatic rings. The minimum Gasteiger partial charge on any atom is -0.459 e. The molecule has 29 heavy (non-hydrogen) atoms. The van der Waals surface area contributed by atoms with E-state index < -0.39 is 11.2 Å². The molecule has 0 N–H and O–H groups in total. The van der Waals surface area contributed by atoms with Gasteiger partial charge in [-0.2, -0.15) is 0 Å². The van der Waals surface area contributed by atoms with E-state index in [9.17, 15) is 9.59 Å². The fraction of sp³-hybridized carbons (Fsp3) is 0.833. The van der Waals surface area contributed by atoms with Crippen molar-refractivity contribution in [2.24, 2.45) is 23.7 Å². The molecule has 5 heteroatoms. The van der Waals surface area contributed by atoms with Crippen LogP contribution < -0.4 is 0 Å². The van der Waals surface area contributed by atoms with Crippen molar-refractivity contribution in [2.75, 3.05) is 0 Å². The molecular formula is C24H36O5. The number of carbonyl (C=O) groups is 2. The molecule has 1 saturated carbocycles. The van der Waals surface area contributed by atoms with Gasteiger partial charge in [-0.15, -0.1) is 0 Å². The molecule has 0 radical (unpaired) electrons. The van der Waals surface area contributed by atoms with Gasteiger partial charge < -0.3 is 14.2 Å². The molecular weight excluding hydrogens is 368 g/mol. The average Bonchev–Trinajstić information content (AvgIpc) is 3.01. The number of rotatable bonds is 3. The molecule has 4 aliphatic rings. The van der Waals surface area contributed by atoms with Crippen molar-refractivity contribution >= 4 is 11.9 Å². The Labute approximate surface area is 174 Å². The molecule has 5 nitrogen and oxygen atoms in total. The second-order valence-electron chi connectivity index (χ2n) is 10.3. The van der Waals surface area contributed by atoms with Gasteiger partial charge in [-0.05, 0) is 65.2 Å². The van der Waals surface area contributed by atoms with Crippen LogP contribution in [0.1, 0.15) is 79.6 Å². The fourth-order valence-corrected chi connectivity index (χ4v) is 6.60. The van der Waals surface area contributed by atoms with E-state index in [-0.39, 0.29) is 47.8 Å². The molecule has 0 spiro atoms. The molecule has 162 valence electrons. The number of fused-ring (bicyclic) bond motifs is 2. The lowest BCUT2D eigenvalue weighted by atomic mass is 9.58. The summed E-state index contributed by atoms with van der Waals surface area (Å²) in [7, 11) is 0. The summed E-state index contributed by atoms with van der Waals surface area (Å²) < 4.78 is 19.0. The fourth-order valence-electron chi connectivity index (χ4n) is 6.60. The quantitative estimate of drug-likeness (QED) is 0.509. The second-order valence-corrected chi connectivity index (χ2v) is 10.3. The molecule has 1 aliphatic carbocycles. The maximum Gasteiger partial charge on any atom is 0.309 e. The first-order valence-corrected chi connectivity index (χ1v) is 11.4. The van der Waals surface area contributed by atoms with Crippen LogP contribution in [0.3, 0.4) is 0 Å². The Kier molecular flexibility index (Phi) is 5.33. The monoisotopic (exact) mass is 404 g/mol. The highest BCUT2D eigenvalue weighted by Gasteiger charge is 2.66. The third-order valence-corrected chi connectivity index (χ3v) is 8.07. The van der Waals surface area contributed by atoms with E-state index in [2.05, 4.69) is 19.9 Å². The normalized spacial score (nSPS) is 46.5. The van der Waals surface area contributed by atoms with Crippen LogP contribution in [0.2, 0.25) is 0 Å². The second kappa shape index (κ2) is 7.40. The van der Waals surface area contributed by atoms with E-state index in [0.29, 0.717) is 6.42 Å². The maximum absolute atomic E-state index is 12.9. The van der Waals surface area contributed by atoms with E-state index in [4.69, 9.17) is 14.2 Å². The topological polar surface area (TPSA) is 61.8 Å². The molecule has 0 aromatic heterocycles. The maximum atomic E-state index is 12.9. The van der Waals surface area contributed by atoms with Gasteiger partial charge in [0.05, 0.1) is 12.0 Å². The summed E-state index contributed by atoms with van der Waals surface area (Å²) in [5.74, 6) is 0.102. The zero-order chi connectivity index (χ0) is 21.0. The van der Waals surface area contributed by atoms with Gasteiger partial charge in [0.15, 0.2) is 0 Å². The summed E-state index contributed by atoms with van der Waals surface area (Å²) in [4.78, 5) is 25.4. The Bertz CT molecular complexity index is 714. The summed E-state index contributed by atoms with van der Waals surface area (Å²) in [5.41, 5.74) is 0.117. The van der Waals surface area contributed by atoms with Crippen LogP contribution in [0, 0.1) is 23.7 Å². The molecule has 2 bridgehead atoms. The molecule has 3 aliphatic heterocycles. The highest BCUT2D eigenvalue weighted by molar-refractivity contribution is 5.73. The summed E-state index contributed by atoms with van der Waals surface area (Å²) in [5, 5.41) is 0. The van der Waals surface area contributed by atoms with Crippen molar-refractivity contribution in [3.63, 3.8) is 0 Å². The standard InChI is InChI=1S/C24H36O5/c1-6-8-18(25)28-23(4)12-10-16-15(3)22(26)29-24(5)11-7-9-14(2)13-17-20(23)19(16)21(24)27-17/h9,15-17,19-21H,6-8,10-13H2,1-5H3. The van der Waals surface area contributed by atoms with Gasteiger partial charge in [0.2, 0.25) is 0 Å². The Balaban J connectivity index is 1.79. The van der Waals surface area contributed by atoms with Crippen molar-refractivity contribution < 1.29 is 23.8 Å². The molecule has 0 amide bonds. The van der Waals surface area contributed by atoms with Crippen LogP contribution in [-0.2, 0) is 23.8 Å². The van der Waals surface area contributed by atoms with E-state index in [0.717, 1.165) is 38.5 Å². The summed E-state index contributed by atoms with van der Waals surface area (Å²) in [6.07, 6.45) is 7.49. The highest BCUT2D eigenvalue weighted by atomic mass is 16.6. The first kappa shape index (κ1) is 20.9. The van der Waals surface area contributed by atoms with Gasteiger partial charge in [-0.3, -0.25) is 9.59 Å². The predicted molar refractivity (Wildman–Crippen MR) is 109 cm³/mol. The Morgan fingerprint density at radius 2 is 2.07 bits per heavy atom. The zero-order valence-electron chi connectivity index (χ0n) is 18.5. The molecule has 8 atom stereocenters. The predicted octanol–water partition coefficient (Wildman–Crippen LogP) is 4.58. The van der Waals surface area contributed by atoms with Gasteiger partial charge in [-0.1, -0.05) is 25.5 Å². The SMILES string of the molecule is CCCC(=O)OC1(C)CCC2C(C)C(=O)OC3(C)CCC=C(C)CC4OC3C2C41. The Hall–Kier alpha value is -1.36. The largest absolute Gasteiger partial charge is 0.459 e. The van der Waals surface area contributed by atoms with Crippen LogP contribution in [0.15, 0.2) is 11.6 Å².